The maximum Gasteiger partial charge on any atom is 0.237 e. The zero-order valence-corrected chi connectivity index (χ0v) is 10.6. The summed E-state index contributed by atoms with van der Waals surface area (Å²) in [6.07, 6.45) is 2.98. The van der Waals surface area contributed by atoms with Gasteiger partial charge in [-0.05, 0) is 6.92 Å². The van der Waals surface area contributed by atoms with Gasteiger partial charge in [-0.15, -0.1) is 0 Å². The third-order valence-electron chi connectivity index (χ3n) is 2.20. The van der Waals surface area contributed by atoms with Crippen LogP contribution in [0.25, 0.3) is 0 Å². The predicted molar refractivity (Wildman–Crippen MR) is 63.2 cm³/mol. The molecule has 0 bridgehead atoms. The van der Waals surface area contributed by atoms with Crippen molar-refractivity contribution in [3.63, 3.8) is 0 Å². The average molecular weight is 263 g/mol. The van der Waals surface area contributed by atoms with Gasteiger partial charge >= 0.3 is 0 Å². The lowest BCUT2D eigenvalue weighted by Crippen LogP contribution is -2.27. The topological polar surface area (TPSA) is 93.5 Å². The third kappa shape index (κ3) is 3.99. The van der Waals surface area contributed by atoms with Crippen molar-refractivity contribution in [2.45, 2.75) is 18.7 Å². The van der Waals surface area contributed by atoms with Crippen molar-refractivity contribution < 1.29 is 18.3 Å². The molecule has 0 aliphatic heterocycles. The molecular weight excluding hydrogens is 246 g/mol. The third-order valence-corrected chi connectivity index (χ3v) is 3.93. The Morgan fingerprint density at radius 3 is 2.94 bits per heavy atom. The van der Waals surface area contributed by atoms with E-state index in [2.05, 4.69) is 9.82 Å². The van der Waals surface area contributed by atoms with Gasteiger partial charge < -0.3 is 9.84 Å². The van der Waals surface area contributed by atoms with Crippen LogP contribution in [0.5, 0.6) is 0 Å². The van der Waals surface area contributed by atoms with Gasteiger partial charge in [0.1, 0.15) is 5.25 Å². The number of nitrogens with one attached hydrogen (secondary N) is 1. The molecule has 0 aliphatic rings. The summed E-state index contributed by atoms with van der Waals surface area (Å²) in [6, 6.07) is 0. The van der Waals surface area contributed by atoms with Crippen molar-refractivity contribution in [2.75, 3.05) is 25.0 Å². The fourth-order valence-corrected chi connectivity index (χ4v) is 1.92. The van der Waals surface area contributed by atoms with Crippen molar-refractivity contribution in [3.05, 3.63) is 12.4 Å². The van der Waals surface area contributed by atoms with E-state index in [1.807, 2.05) is 0 Å². The zero-order chi connectivity index (χ0) is 12.9. The van der Waals surface area contributed by atoms with Crippen LogP contribution in [0.3, 0.4) is 0 Å². The second-order valence-electron chi connectivity index (χ2n) is 3.63. The van der Waals surface area contributed by atoms with E-state index in [-0.39, 0.29) is 0 Å². The van der Waals surface area contributed by atoms with E-state index in [1.165, 1.54) is 13.1 Å². The summed E-state index contributed by atoms with van der Waals surface area (Å²) in [5.74, 6) is 0. The molecule has 0 amide bonds. The summed E-state index contributed by atoms with van der Waals surface area (Å²) in [4.78, 5) is 0. The number of hydrogen-bond acceptors (Lipinski definition) is 5. The molecule has 2 N–H and O–H groups in total. The molecular formula is C9H17N3O4S. The molecule has 0 aliphatic carbocycles. The number of nitrogens with zero attached hydrogens (tertiary/aromatic N) is 2. The molecule has 1 heterocycles. The first-order valence-corrected chi connectivity index (χ1v) is 6.68. The minimum atomic E-state index is -3.56. The highest BCUT2D eigenvalue weighted by atomic mass is 32.2. The quantitative estimate of drug-likeness (QED) is 0.701. The molecule has 1 unspecified atom stereocenters. The SMILES string of the molecule is COCCn1cc(NS(=O)(=O)C(C)CO)cn1. The Balaban J connectivity index is 2.66. The van der Waals surface area contributed by atoms with Crippen molar-refractivity contribution in [3.8, 4) is 0 Å². The maximum absolute atomic E-state index is 11.6. The molecule has 1 aromatic heterocycles. The van der Waals surface area contributed by atoms with Crippen LogP contribution in [-0.4, -0.2) is 48.9 Å². The fourth-order valence-electron chi connectivity index (χ4n) is 1.09. The number of sulfonamides is 1. The molecule has 0 saturated carbocycles. The van der Waals surface area contributed by atoms with Crippen molar-refractivity contribution >= 4 is 15.7 Å². The van der Waals surface area contributed by atoms with Crippen LogP contribution in [0.15, 0.2) is 12.4 Å². The van der Waals surface area contributed by atoms with Gasteiger partial charge in [0.05, 0.1) is 31.6 Å². The minimum absolute atomic E-state index is 0.376. The lowest BCUT2D eigenvalue weighted by atomic mass is 10.5. The number of methoxy groups -OCH3 is 1. The van der Waals surface area contributed by atoms with E-state index in [1.54, 1.807) is 18.0 Å². The Morgan fingerprint density at radius 2 is 2.35 bits per heavy atom. The number of aliphatic hydroxyl groups is 1. The number of hydrogen-bond donors (Lipinski definition) is 2. The van der Waals surface area contributed by atoms with Gasteiger partial charge in [-0.2, -0.15) is 5.10 Å². The second-order valence-corrected chi connectivity index (χ2v) is 5.72. The monoisotopic (exact) mass is 263 g/mol. The van der Waals surface area contributed by atoms with Crippen molar-refractivity contribution in [1.82, 2.24) is 9.78 Å². The number of anilines is 1. The molecule has 1 rings (SSSR count). The van der Waals surface area contributed by atoms with E-state index in [9.17, 15) is 8.42 Å². The Hall–Kier alpha value is -1.12. The van der Waals surface area contributed by atoms with Crippen LogP contribution >= 0.6 is 0 Å². The normalized spacial score (nSPS) is 13.6. The summed E-state index contributed by atoms with van der Waals surface area (Å²) in [7, 11) is -1.98. The van der Waals surface area contributed by atoms with Crippen LogP contribution in [0.2, 0.25) is 0 Å². The van der Waals surface area contributed by atoms with Crippen LogP contribution < -0.4 is 4.72 Å². The Kier molecular flexibility index (Phi) is 4.91. The molecule has 1 aromatic rings. The lowest BCUT2D eigenvalue weighted by Gasteiger charge is -2.10. The van der Waals surface area contributed by atoms with E-state index in [0.717, 1.165) is 0 Å². The largest absolute Gasteiger partial charge is 0.395 e. The molecule has 8 heteroatoms. The lowest BCUT2D eigenvalue weighted by molar-refractivity contribution is 0.183. The van der Waals surface area contributed by atoms with E-state index >= 15 is 0 Å². The fraction of sp³-hybridized carbons (Fsp3) is 0.667. The second kappa shape index (κ2) is 5.99. The highest BCUT2D eigenvalue weighted by Crippen LogP contribution is 2.10. The number of rotatable bonds is 7. The average Bonchev–Trinajstić information content (AvgIpc) is 2.72. The molecule has 0 fully saturated rings. The first-order chi connectivity index (χ1) is 7.99. The van der Waals surface area contributed by atoms with E-state index < -0.39 is 21.9 Å². The molecule has 0 aromatic carbocycles. The van der Waals surface area contributed by atoms with Crippen molar-refractivity contribution in [1.29, 1.82) is 0 Å². The number of ether oxygens (including phenoxy) is 1. The Bertz CT molecular complexity index is 443. The standard InChI is InChI=1S/C9H17N3O4S/c1-8(7-13)17(14,15)11-9-5-10-12(6-9)3-4-16-2/h5-6,8,11,13H,3-4,7H2,1-2H3. The molecule has 7 nitrogen and oxygen atoms in total. The predicted octanol–water partition coefficient (Wildman–Crippen LogP) is -0.348. The summed E-state index contributed by atoms with van der Waals surface area (Å²) < 4.78 is 32.1. The van der Waals surface area contributed by atoms with Gasteiger partial charge in [0.15, 0.2) is 0 Å². The zero-order valence-electron chi connectivity index (χ0n) is 9.83. The van der Waals surface area contributed by atoms with Gasteiger partial charge in [0, 0.05) is 13.3 Å². The van der Waals surface area contributed by atoms with Crippen LogP contribution in [0, 0.1) is 0 Å². The molecule has 0 radical (unpaired) electrons. The summed E-state index contributed by atoms with van der Waals surface area (Å²) >= 11 is 0. The van der Waals surface area contributed by atoms with E-state index in [0.29, 0.717) is 18.8 Å². The Morgan fingerprint density at radius 1 is 1.65 bits per heavy atom. The van der Waals surface area contributed by atoms with Gasteiger partial charge in [0.25, 0.3) is 0 Å². The summed E-state index contributed by atoms with van der Waals surface area (Å²) in [6.45, 7) is 2.06. The first kappa shape index (κ1) is 13.9. The van der Waals surface area contributed by atoms with Gasteiger partial charge in [-0.1, -0.05) is 0 Å². The molecule has 0 saturated heterocycles. The Labute approximate surface area is 100 Å². The highest BCUT2D eigenvalue weighted by molar-refractivity contribution is 7.93. The van der Waals surface area contributed by atoms with Gasteiger partial charge in [-0.25, -0.2) is 8.42 Å². The minimum Gasteiger partial charge on any atom is -0.395 e. The molecule has 17 heavy (non-hydrogen) atoms. The maximum atomic E-state index is 11.6. The smallest absolute Gasteiger partial charge is 0.237 e. The van der Waals surface area contributed by atoms with Gasteiger partial charge in [0.2, 0.25) is 10.0 Å². The summed E-state index contributed by atoms with van der Waals surface area (Å²) in [5, 5.41) is 11.9. The molecule has 0 spiro atoms. The van der Waals surface area contributed by atoms with Crippen molar-refractivity contribution in [2.24, 2.45) is 0 Å². The van der Waals surface area contributed by atoms with Crippen LogP contribution in [0.4, 0.5) is 5.69 Å². The van der Waals surface area contributed by atoms with Crippen LogP contribution in [0.1, 0.15) is 6.92 Å². The van der Waals surface area contributed by atoms with Gasteiger partial charge in [-0.3, -0.25) is 9.40 Å². The highest BCUT2D eigenvalue weighted by Gasteiger charge is 2.20. The number of aliphatic hydroxyl groups excluding tert-OH is 1. The van der Waals surface area contributed by atoms with Crippen LogP contribution in [-0.2, 0) is 21.3 Å². The first-order valence-electron chi connectivity index (χ1n) is 5.13. The summed E-state index contributed by atoms with van der Waals surface area (Å²) in [5.41, 5.74) is 0.376. The molecule has 98 valence electrons. The number of aromatic nitrogens is 2. The molecule has 1 atom stereocenters. The van der Waals surface area contributed by atoms with E-state index in [4.69, 9.17) is 9.84 Å².